The van der Waals surface area contributed by atoms with Crippen molar-refractivity contribution in [2.24, 2.45) is 17.8 Å². The molecule has 3 aliphatic carbocycles. The van der Waals surface area contributed by atoms with Gasteiger partial charge in [-0.3, -0.25) is 9.59 Å². The van der Waals surface area contributed by atoms with E-state index in [0.29, 0.717) is 22.7 Å². The summed E-state index contributed by atoms with van der Waals surface area (Å²) in [5.41, 5.74) is 1.66. The second kappa shape index (κ2) is 18.3. The molecular formula is C35H51N3O3S2. The third-order valence-electron chi connectivity index (χ3n) is 8.85. The Morgan fingerprint density at radius 2 is 1.00 bits per heavy atom. The van der Waals surface area contributed by atoms with Crippen LogP contribution in [-0.4, -0.2) is 73.7 Å². The van der Waals surface area contributed by atoms with E-state index in [9.17, 15) is 9.59 Å². The molecule has 43 heavy (non-hydrogen) atoms. The highest BCUT2D eigenvalue weighted by atomic mass is 32.2. The van der Waals surface area contributed by atoms with Crippen LogP contribution < -0.4 is 16.0 Å². The fraction of sp³-hybridized carbons (Fsp3) is 0.600. The molecular weight excluding hydrogens is 575 g/mol. The summed E-state index contributed by atoms with van der Waals surface area (Å²) in [4.78, 5) is 24.0. The molecule has 3 saturated carbocycles. The van der Waals surface area contributed by atoms with E-state index in [2.05, 4.69) is 16.0 Å². The van der Waals surface area contributed by atoms with Gasteiger partial charge in [0.25, 0.3) is 0 Å². The number of thioether (sulfide) groups is 2. The first-order chi connectivity index (χ1) is 21.0. The summed E-state index contributed by atoms with van der Waals surface area (Å²) < 4.78 is 5.30. The fourth-order valence-corrected chi connectivity index (χ4v) is 9.00. The molecule has 236 valence electrons. The standard InChI is InChI=1S/2C14H19NOS.C7H13NO/c2*1-15-10-11-7-8-13(9-11)17-14(16)12-5-3-2-4-6-12;1-8-4-5-2-6-7(3-5)9-6/h2*2-6,11,13,15H,7-10H2,1H3;5-8H,2-4H2,1H3/t2*11-,13-;5?,6-,7+/m10./s1. The molecule has 6 nitrogen and oxygen atoms in total. The average Bonchev–Trinajstić information content (AvgIpc) is 3.35. The summed E-state index contributed by atoms with van der Waals surface area (Å²) in [5, 5.41) is 11.1. The van der Waals surface area contributed by atoms with Crippen molar-refractivity contribution in [2.75, 3.05) is 40.8 Å². The van der Waals surface area contributed by atoms with Crippen LogP contribution >= 0.6 is 23.5 Å². The van der Waals surface area contributed by atoms with Crippen LogP contribution in [0.4, 0.5) is 0 Å². The smallest absolute Gasteiger partial charge is 0.219 e. The van der Waals surface area contributed by atoms with Gasteiger partial charge in [0, 0.05) is 21.6 Å². The molecule has 1 unspecified atom stereocenters. The van der Waals surface area contributed by atoms with Crippen LogP contribution in [0.25, 0.3) is 0 Å². The molecule has 0 aromatic heterocycles. The molecule has 0 bridgehead atoms. The van der Waals surface area contributed by atoms with Crippen molar-refractivity contribution < 1.29 is 14.3 Å². The van der Waals surface area contributed by atoms with Gasteiger partial charge in [-0.25, -0.2) is 0 Å². The highest BCUT2D eigenvalue weighted by Crippen LogP contribution is 2.41. The number of benzene rings is 2. The maximum absolute atomic E-state index is 12.0. The quantitative estimate of drug-likeness (QED) is 0.266. The van der Waals surface area contributed by atoms with E-state index in [1.807, 2.05) is 81.8 Å². The van der Waals surface area contributed by atoms with Crippen molar-refractivity contribution in [1.82, 2.24) is 16.0 Å². The Morgan fingerprint density at radius 1 is 0.605 bits per heavy atom. The van der Waals surface area contributed by atoms with Crippen molar-refractivity contribution in [3.8, 4) is 0 Å². The van der Waals surface area contributed by atoms with E-state index in [1.54, 1.807) is 0 Å². The summed E-state index contributed by atoms with van der Waals surface area (Å²) in [5.74, 6) is 2.40. The third kappa shape index (κ3) is 11.6. The van der Waals surface area contributed by atoms with Crippen molar-refractivity contribution >= 4 is 33.8 Å². The van der Waals surface area contributed by atoms with Gasteiger partial charge < -0.3 is 20.7 Å². The van der Waals surface area contributed by atoms with E-state index in [1.165, 1.54) is 81.4 Å². The van der Waals surface area contributed by atoms with E-state index in [-0.39, 0.29) is 10.2 Å². The van der Waals surface area contributed by atoms with Crippen LogP contribution in [0, 0.1) is 17.8 Å². The van der Waals surface area contributed by atoms with E-state index >= 15 is 0 Å². The Morgan fingerprint density at radius 3 is 1.40 bits per heavy atom. The Balaban J connectivity index is 0.000000154. The summed E-state index contributed by atoms with van der Waals surface area (Å²) in [6.45, 7) is 3.34. The Hall–Kier alpha value is -1.68. The van der Waals surface area contributed by atoms with Gasteiger partial charge in [-0.15, -0.1) is 0 Å². The number of rotatable bonds is 10. The molecule has 4 fully saturated rings. The molecule has 0 spiro atoms. The van der Waals surface area contributed by atoms with Gasteiger partial charge in [0.1, 0.15) is 0 Å². The number of ether oxygens (including phenoxy) is 1. The number of epoxide rings is 1. The lowest BCUT2D eigenvalue weighted by Gasteiger charge is -2.09. The van der Waals surface area contributed by atoms with Crippen molar-refractivity contribution in [3.05, 3.63) is 71.8 Å². The molecule has 6 rings (SSSR count). The van der Waals surface area contributed by atoms with E-state index in [0.717, 1.165) is 42.0 Å². The number of fused-ring (bicyclic) bond motifs is 1. The molecule has 1 heterocycles. The Kier molecular flexibility index (Phi) is 14.6. The number of carbonyl (C=O) groups is 2. The van der Waals surface area contributed by atoms with Gasteiger partial charge in [0.15, 0.2) is 0 Å². The van der Waals surface area contributed by atoms with Crippen LogP contribution in [0.1, 0.15) is 72.1 Å². The molecule has 2 aromatic rings. The van der Waals surface area contributed by atoms with Crippen LogP contribution in [0.5, 0.6) is 0 Å². The number of hydrogen-bond acceptors (Lipinski definition) is 8. The van der Waals surface area contributed by atoms with Gasteiger partial charge in [0.2, 0.25) is 10.2 Å². The lowest BCUT2D eigenvalue weighted by atomic mass is 10.1. The zero-order valence-corrected chi connectivity index (χ0v) is 27.8. The summed E-state index contributed by atoms with van der Waals surface area (Å²) in [6.07, 6.45) is 11.1. The molecule has 1 saturated heterocycles. The highest BCUT2D eigenvalue weighted by Gasteiger charge is 2.47. The minimum Gasteiger partial charge on any atom is -0.370 e. The monoisotopic (exact) mass is 625 g/mol. The fourth-order valence-electron chi connectivity index (χ4n) is 6.61. The zero-order valence-electron chi connectivity index (χ0n) is 26.1. The minimum absolute atomic E-state index is 0.223. The topological polar surface area (TPSA) is 82.8 Å². The van der Waals surface area contributed by atoms with Crippen LogP contribution in [0.2, 0.25) is 0 Å². The van der Waals surface area contributed by atoms with Crippen LogP contribution in [0.15, 0.2) is 60.7 Å². The molecule has 4 aliphatic rings. The molecule has 1 aliphatic heterocycles. The SMILES string of the molecule is CNCC1C[C@@H]2O[C@@H]2C1.CNC[C@@H]1CC[C@@H](SC(=O)c2ccccc2)C1.CNC[C@H]1CC[C@H](SC(=O)c2ccccc2)C1. The molecule has 0 amide bonds. The van der Waals surface area contributed by atoms with Crippen molar-refractivity contribution in [3.63, 3.8) is 0 Å². The van der Waals surface area contributed by atoms with Crippen LogP contribution in [-0.2, 0) is 4.74 Å². The highest BCUT2D eigenvalue weighted by molar-refractivity contribution is 8.14. The summed E-state index contributed by atoms with van der Waals surface area (Å²) in [6, 6.07) is 19.2. The first kappa shape index (κ1) is 34.2. The normalized spacial score (nSPS) is 28.7. The van der Waals surface area contributed by atoms with E-state index in [4.69, 9.17) is 4.74 Å². The maximum Gasteiger partial charge on any atom is 0.219 e. The van der Waals surface area contributed by atoms with Crippen LogP contribution in [0.3, 0.4) is 0 Å². The van der Waals surface area contributed by atoms with Gasteiger partial charge >= 0.3 is 0 Å². The molecule has 2 aromatic carbocycles. The number of hydrogen-bond donors (Lipinski definition) is 3. The molecule has 8 heteroatoms. The zero-order chi connectivity index (χ0) is 30.4. The predicted octanol–water partition coefficient (Wildman–Crippen LogP) is 6.28. The second-order valence-corrected chi connectivity index (χ2v) is 14.9. The molecule has 7 atom stereocenters. The number of carbonyl (C=O) groups excluding carboxylic acids is 2. The Labute approximate surface area is 267 Å². The predicted molar refractivity (Wildman–Crippen MR) is 182 cm³/mol. The maximum atomic E-state index is 12.0. The summed E-state index contributed by atoms with van der Waals surface area (Å²) >= 11 is 3.05. The second-order valence-electron chi connectivity index (χ2n) is 12.4. The first-order valence-corrected chi connectivity index (χ1v) is 17.9. The Bertz CT molecular complexity index is 1020. The number of nitrogens with one attached hydrogen (secondary N) is 3. The van der Waals surface area contributed by atoms with Gasteiger partial charge in [-0.05, 0) is 110 Å². The summed E-state index contributed by atoms with van der Waals surface area (Å²) in [7, 11) is 6.01. The van der Waals surface area contributed by atoms with Gasteiger partial charge in [-0.1, -0.05) is 84.2 Å². The third-order valence-corrected chi connectivity index (χ3v) is 11.3. The average molecular weight is 626 g/mol. The lowest BCUT2D eigenvalue weighted by Crippen LogP contribution is -2.17. The van der Waals surface area contributed by atoms with Gasteiger partial charge in [-0.2, -0.15) is 0 Å². The molecule has 0 radical (unpaired) electrons. The van der Waals surface area contributed by atoms with Crippen molar-refractivity contribution in [1.29, 1.82) is 0 Å². The van der Waals surface area contributed by atoms with Gasteiger partial charge in [0.05, 0.1) is 12.2 Å². The van der Waals surface area contributed by atoms with Crippen molar-refractivity contribution in [2.45, 2.75) is 74.1 Å². The van der Waals surface area contributed by atoms with E-state index < -0.39 is 0 Å². The largest absolute Gasteiger partial charge is 0.370 e. The first-order valence-electron chi connectivity index (χ1n) is 16.1. The minimum atomic E-state index is 0.223. The molecule has 3 N–H and O–H groups in total. The lowest BCUT2D eigenvalue weighted by molar-refractivity contribution is 0.108.